The minimum atomic E-state index is -0.847. The Morgan fingerprint density at radius 2 is 1.94 bits per heavy atom. The molecule has 0 atom stereocenters. The van der Waals surface area contributed by atoms with Gasteiger partial charge in [-0.25, -0.2) is 4.79 Å². The molecule has 0 saturated heterocycles. The number of aromatic nitrogens is 2. The summed E-state index contributed by atoms with van der Waals surface area (Å²) in [5, 5.41) is 17.2. The van der Waals surface area contributed by atoms with Crippen LogP contribution < -0.4 is 10.9 Å². The molecule has 1 amide bonds. The number of esters is 1. The fourth-order valence-electron chi connectivity index (χ4n) is 2.87. The van der Waals surface area contributed by atoms with Crippen molar-refractivity contribution in [1.29, 1.82) is 0 Å². The number of benzene rings is 2. The number of para-hydroxylation sites is 1. The molecule has 32 heavy (non-hydrogen) atoms. The van der Waals surface area contributed by atoms with Crippen LogP contribution in [0.15, 0.2) is 53.3 Å². The lowest BCUT2D eigenvalue weighted by molar-refractivity contribution is -0.384. The Morgan fingerprint density at radius 3 is 2.56 bits per heavy atom. The molecule has 3 aromatic rings. The zero-order valence-corrected chi connectivity index (χ0v) is 17.8. The van der Waals surface area contributed by atoms with Gasteiger partial charge >= 0.3 is 5.97 Å². The van der Waals surface area contributed by atoms with Crippen molar-refractivity contribution in [1.82, 2.24) is 9.78 Å². The normalized spacial score (nSPS) is 10.5. The van der Waals surface area contributed by atoms with Gasteiger partial charge in [-0.05, 0) is 31.5 Å². The van der Waals surface area contributed by atoms with Crippen molar-refractivity contribution < 1.29 is 19.2 Å². The number of carbonyl (C=O) groups excluding carboxylic acids is 2. The molecule has 1 heterocycles. The van der Waals surface area contributed by atoms with E-state index < -0.39 is 22.4 Å². The Kier molecular flexibility index (Phi) is 6.64. The maximum atomic E-state index is 12.7. The number of anilines is 1. The molecule has 3 rings (SSSR count). The third-order valence-corrected chi connectivity index (χ3v) is 4.71. The highest BCUT2D eigenvalue weighted by atomic mass is 35.5. The van der Waals surface area contributed by atoms with Crippen LogP contribution in [0.1, 0.15) is 33.3 Å². The van der Waals surface area contributed by atoms with Gasteiger partial charge in [-0.15, -0.1) is 0 Å². The fourth-order valence-corrected chi connectivity index (χ4v) is 3.13. The van der Waals surface area contributed by atoms with Crippen LogP contribution in [0.5, 0.6) is 0 Å². The topological polar surface area (TPSA) is 133 Å². The first-order valence-electron chi connectivity index (χ1n) is 9.35. The number of ether oxygens (including phenoxy) is 1. The summed E-state index contributed by atoms with van der Waals surface area (Å²) >= 11 is 6.00. The summed E-state index contributed by atoms with van der Waals surface area (Å²) in [6, 6.07) is 11.3. The molecule has 0 aliphatic rings. The number of halogens is 1. The first-order chi connectivity index (χ1) is 15.2. The summed E-state index contributed by atoms with van der Waals surface area (Å²) in [4.78, 5) is 48.2. The number of nitrogens with zero attached hydrogens (tertiary/aromatic N) is 3. The molecular weight excluding hydrogens is 440 g/mol. The first-order valence-corrected chi connectivity index (χ1v) is 9.73. The van der Waals surface area contributed by atoms with E-state index in [-0.39, 0.29) is 34.3 Å². The monoisotopic (exact) mass is 456 g/mol. The van der Waals surface area contributed by atoms with Crippen LogP contribution in [0.2, 0.25) is 5.02 Å². The van der Waals surface area contributed by atoms with Crippen LogP contribution in [0, 0.1) is 17.0 Å². The molecule has 0 spiro atoms. The third-order valence-electron chi connectivity index (χ3n) is 4.40. The zero-order valence-electron chi connectivity index (χ0n) is 17.0. The Balaban J connectivity index is 2.06. The predicted molar refractivity (Wildman–Crippen MR) is 117 cm³/mol. The van der Waals surface area contributed by atoms with Gasteiger partial charge in [0.1, 0.15) is 0 Å². The number of rotatable bonds is 6. The van der Waals surface area contributed by atoms with E-state index in [0.717, 1.165) is 28.4 Å². The van der Waals surface area contributed by atoms with E-state index in [1.165, 1.54) is 6.07 Å². The number of amides is 1. The summed E-state index contributed by atoms with van der Waals surface area (Å²) in [5.41, 5.74) is -0.252. The summed E-state index contributed by atoms with van der Waals surface area (Å²) < 4.78 is 6.05. The lowest BCUT2D eigenvalue weighted by atomic mass is 10.2. The van der Waals surface area contributed by atoms with Gasteiger partial charge in [-0.2, -0.15) is 9.78 Å². The van der Waals surface area contributed by atoms with E-state index in [9.17, 15) is 24.5 Å². The van der Waals surface area contributed by atoms with E-state index in [4.69, 9.17) is 16.3 Å². The molecule has 0 unspecified atom stereocenters. The number of nitrogens with one attached hydrogen (secondary N) is 1. The molecule has 0 radical (unpaired) electrons. The lowest BCUT2D eigenvalue weighted by Crippen LogP contribution is -2.27. The highest BCUT2D eigenvalue weighted by Gasteiger charge is 2.22. The minimum absolute atomic E-state index is 0.0472. The summed E-state index contributed by atoms with van der Waals surface area (Å²) in [7, 11) is 0. The average Bonchev–Trinajstić information content (AvgIpc) is 2.74. The van der Waals surface area contributed by atoms with Crippen LogP contribution in [0.4, 0.5) is 11.4 Å². The molecule has 11 heteroatoms. The highest BCUT2D eigenvalue weighted by Crippen LogP contribution is 2.24. The van der Waals surface area contributed by atoms with Crippen molar-refractivity contribution in [2.75, 3.05) is 11.9 Å². The van der Waals surface area contributed by atoms with Gasteiger partial charge in [0, 0.05) is 18.2 Å². The van der Waals surface area contributed by atoms with Crippen molar-refractivity contribution in [2.24, 2.45) is 0 Å². The summed E-state index contributed by atoms with van der Waals surface area (Å²) in [6.45, 7) is 3.43. The second-order valence-electron chi connectivity index (χ2n) is 6.54. The smallest absolute Gasteiger partial charge is 0.360 e. The standard InChI is InChI=1S/C21H17ClN4O6/c1-3-32-21(29)19-16(11-18(27)25(24-19)17-7-5-4-6-12(17)2)23-20(28)14-9-8-13(26(30)31)10-15(14)22/h4-11H,3H2,1-2H3,(H,23,28). The molecular formula is C21H17ClN4O6. The molecule has 164 valence electrons. The lowest BCUT2D eigenvalue weighted by Gasteiger charge is -2.14. The quantitative estimate of drug-likeness (QED) is 0.340. The van der Waals surface area contributed by atoms with Gasteiger partial charge < -0.3 is 10.1 Å². The van der Waals surface area contributed by atoms with Gasteiger partial charge in [-0.3, -0.25) is 19.7 Å². The number of hydrogen-bond donors (Lipinski definition) is 1. The van der Waals surface area contributed by atoms with Crippen LogP contribution >= 0.6 is 11.6 Å². The van der Waals surface area contributed by atoms with Crippen LogP contribution in [-0.4, -0.2) is 33.2 Å². The molecule has 0 bridgehead atoms. The van der Waals surface area contributed by atoms with Gasteiger partial charge in [0.15, 0.2) is 5.69 Å². The molecule has 0 aliphatic heterocycles. The van der Waals surface area contributed by atoms with Crippen LogP contribution in [0.25, 0.3) is 5.69 Å². The third kappa shape index (κ3) is 4.65. The molecule has 0 fully saturated rings. The van der Waals surface area contributed by atoms with Crippen molar-refractivity contribution in [2.45, 2.75) is 13.8 Å². The number of carbonyl (C=O) groups is 2. The summed E-state index contributed by atoms with van der Waals surface area (Å²) in [5.74, 6) is -1.63. The number of aryl methyl sites for hydroxylation is 1. The maximum Gasteiger partial charge on any atom is 0.360 e. The Hall–Kier alpha value is -4.05. The van der Waals surface area contributed by atoms with E-state index in [2.05, 4.69) is 10.4 Å². The second-order valence-corrected chi connectivity index (χ2v) is 6.95. The average molecular weight is 457 g/mol. The maximum absolute atomic E-state index is 12.7. The number of nitro benzene ring substituents is 1. The van der Waals surface area contributed by atoms with Crippen LogP contribution in [0.3, 0.4) is 0 Å². The van der Waals surface area contributed by atoms with Crippen LogP contribution in [-0.2, 0) is 4.74 Å². The van der Waals surface area contributed by atoms with E-state index in [1.54, 1.807) is 38.1 Å². The minimum Gasteiger partial charge on any atom is -0.461 e. The van der Waals surface area contributed by atoms with Gasteiger partial charge in [0.25, 0.3) is 17.2 Å². The molecule has 1 aromatic heterocycles. The van der Waals surface area contributed by atoms with Crippen molar-refractivity contribution in [3.63, 3.8) is 0 Å². The van der Waals surface area contributed by atoms with Crippen molar-refractivity contribution in [3.05, 3.63) is 90.8 Å². The van der Waals surface area contributed by atoms with Gasteiger partial charge in [0.2, 0.25) is 0 Å². The SMILES string of the molecule is CCOC(=O)c1nn(-c2ccccc2C)c(=O)cc1NC(=O)c1ccc([N+](=O)[O-])cc1Cl. The van der Waals surface area contributed by atoms with Crippen molar-refractivity contribution in [3.8, 4) is 5.69 Å². The Morgan fingerprint density at radius 1 is 1.22 bits per heavy atom. The zero-order chi connectivity index (χ0) is 23.4. The predicted octanol–water partition coefficient (Wildman–Crippen LogP) is 3.53. The first kappa shape index (κ1) is 22.6. The van der Waals surface area contributed by atoms with Gasteiger partial charge in [-0.1, -0.05) is 29.8 Å². The molecule has 0 saturated carbocycles. The number of hydrogen-bond acceptors (Lipinski definition) is 7. The van der Waals surface area contributed by atoms with Crippen molar-refractivity contribution >= 4 is 34.9 Å². The Bertz CT molecular complexity index is 1290. The fraction of sp³-hybridized carbons (Fsp3) is 0.143. The Labute approximate surface area is 186 Å². The van der Waals surface area contributed by atoms with E-state index >= 15 is 0 Å². The molecule has 0 aliphatic carbocycles. The number of non-ortho nitro benzene ring substituents is 1. The second kappa shape index (κ2) is 9.40. The summed E-state index contributed by atoms with van der Waals surface area (Å²) in [6.07, 6.45) is 0. The molecule has 1 N–H and O–H groups in total. The number of nitro groups is 1. The molecule has 10 nitrogen and oxygen atoms in total. The van der Waals surface area contributed by atoms with E-state index in [1.807, 2.05) is 0 Å². The molecule has 2 aromatic carbocycles. The van der Waals surface area contributed by atoms with E-state index in [0.29, 0.717) is 5.69 Å². The largest absolute Gasteiger partial charge is 0.461 e. The van der Waals surface area contributed by atoms with Gasteiger partial charge in [0.05, 0.1) is 33.5 Å². The highest BCUT2D eigenvalue weighted by molar-refractivity contribution is 6.34.